The van der Waals surface area contributed by atoms with Crippen molar-refractivity contribution in [3.8, 4) is 0 Å². The molecule has 1 heterocycles. The van der Waals surface area contributed by atoms with Crippen LogP contribution in [0.2, 0.25) is 0 Å². The molecular formula is C22H34N2O3S. The number of hydrogen-bond acceptors (Lipinski definition) is 4. The van der Waals surface area contributed by atoms with Crippen LogP contribution in [0.3, 0.4) is 0 Å². The van der Waals surface area contributed by atoms with E-state index < -0.39 is 5.60 Å². The van der Waals surface area contributed by atoms with Crippen molar-refractivity contribution in [1.82, 2.24) is 9.80 Å². The van der Waals surface area contributed by atoms with Crippen molar-refractivity contribution in [2.75, 3.05) is 32.4 Å². The van der Waals surface area contributed by atoms with Gasteiger partial charge >= 0.3 is 6.09 Å². The quantitative estimate of drug-likeness (QED) is 0.689. The van der Waals surface area contributed by atoms with Crippen molar-refractivity contribution in [3.63, 3.8) is 0 Å². The van der Waals surface area contributed by atoms with Crippen molar-refractivity contribution < 1.29 is 14.3 Å². The van der Waals surface area contributed by atoms with Gasteiger partial charge in [-0.3, -0.25) is 4.79 Å². The highest BCUT2D eigenvalue weighted by molar-refractivity contribution is 7.98. The predicted molar refractivity (Wildman–Crippen MR) is 116 cm³/mol. The second-order valence-electron chi connectivity index (χ2n) is 8.45. The number of rotatable bonds is 6. The molecule has 28 heavy (non-hydrogen) atoms. The van der Waals surface area contributed by atoms with E-state index >= 15 is 0 Å². The van der Waals surface area contributed by atoms with E-state index in [2.05, 4.69) is 6.92 Å². The van der Waals surface area contributed by atoms with Gasteiger partial charge in [-0.15, -0.1) is 0 Å². The summed E-state index contributed by atoms with van der Waals surface area (Å²) in [6.07, 6.45) is 1.67. The Balaban J connectivity index is 1.91. The van der Waals surface area contributed by atoms with E-state index in [1.54, 1.807) is 11.9 Å². The van der Waals surface area contributed by atoms with Gasteiger partial charge in [-0.2, -0.15) is 11.8 Å². The zero-order chi connectivity index (χ0) is 20.7. The molecule has 1 aliphatic heterocycles. The van der Waals surface area contributed by atoms with Gasteiger partial charge in [0.25, 0.3) is 5.91 Å². The lowest BCUT2D eigenvalue weighted by Crippen LogP contribution is -2.45. The third-order valence-electron chi connectivity index (χ3n) is 4.72. The minimum atomic E-state index is -0.498. The SMILES string of the molecule is CCSCc1ccc(C(=O)N2CCCC(CN(C)C(=O)OC(C)(C)C)C2)cc1. The first kappa shape index (κ1) is 22.6. The van der Waals surface area contributed by atoms with Crippen LogP contribution in [0.1, 0.15) is 56.5 Å². The van der Waals surface area contributed by atoms with E-state index in [0.29, 0.717) is 13.1 Å². The highest BCUT2D eigenvalue weighted by atomic mass is 32.2. The van der Waals surface area contributed by atoms with Crippen LogP contribution in [0, 0.1) is 5.92 Å². The molecule has 0 aromatic heterocycles. The van der Waals surface area contributed by atoms with Crippen LogP contribution in [0.4, 0.5) is 4.79 Å². The van der Waals surface area contributed by atoms with Crippen LogP contribution in [0.25, 0.3) is 0 Å². The molecule has 5 nitrogen and oxygen atoms in total. The molecule has 0 saturated carbocycles. The fourth-order valence-electron chi connectivity index (χ4n) is 3.35. The molecule has 6 heteroatoms. The van der Waals surface area contributed by atoms with Gasteiger partial charge in [0.15, 0.2) is 0 Å². The molecule has 1 aromatic rings. The summed E-state index contributed by atoms with van der Waals surface area (Å²) in [6, 6.07) is 7.97. The van der Waals surface area contributed by atoms with E-state index in [1.165, 1.54) is 5.56 Å². The lowest BCUT2D eigenvalue weighted by atomic mass is 9.97. The summed E-state index contributed by atoms with van der Waals surface area (Å²) < 4.78 is 5.43. The topological polar surface area (TPSA) is 49.9 Å². The van der Waals surface area contributed by atoms with Crippen LogP contribution in [0.15, 0.2) is 24.3 Å². The van der Waals surface area contributed by atoms with Gasteiger partial charge in [0.2, 0.25) is 0 Å². The van der Waals surface area contributed by atoms with Gasteiger partial charge in [-0.25, -0.2) is 4.79 Å². The van der Waals surface area contributed by atoms with Gasteiger partial charge < -0.3 is 14.5 Å². The van der Waals surface area contributed by atoms with Gasteiger partial charge in [-0.1, -0.05) is 19.1 Å². The molecule has 0 spiro atoms. The van der Waals surface area contributed by atoms with Crippen LogP contribution in [-0.4, -0.2) is 59.8 Å². The van der Waals surface area contributed by atoms with Crippen LogP contribution in [0.5, 0.6) is 0 Å². The van der Waals surface area contributed by atoms with Crippen molar-refractivity contribution in [1.29, 1.82) is 0 Å². The zero-order valence-electron chi connectivity index (χ0n) is 17.9. The lowest BCUT2D eigenvalue weighted by Gasteiger charge is -2.35. The Labute approximate surface area is 173 Å². The maximum atomic E-state index is 12.9. The van der Waals surface area contributed by atoms with Crippen LogP contribution in [-0.2, 0) is 10.5 Å². The van der Waals surface area contributed by atoms with E-state index in [9.17, 15) is 9.59 Å². The fraction of sp³-hybridized carbons (Fsp3) is 0.636. The smallest absolute Gasteiger partial charge is 0.410 e. The summed E-state index contributed by atoms with van der Waals surface area (Å²) in [5.41, 5.74) is 1.49. The van der Waals surface area contributed by atoms with Crippen LogP contribution < -0.4 is 0 Å². The van der Waals surface area contributed by atoms with E-state index in [0.717, 1.165) is 36.5 Å². The van der Waals surface area contributed by atoms with Crippen LogP contribution >= 0.6 is 11.8 Å². The highest BCUT2D eigenvalue weighted by Gasteiger charge is 2.27. The number of carbonyl (C=O) groups excluding carboxylic acids is 2. The Morgan fingerprint density at radius 1 is 1.25 bits per heavy atom. The Bertz CT molecular complexity index is 655. The zero-order valence-corrected chi connectivity index (χ0v) is 18.7. The third-order valence-corrected chi connectivity index (χ3v) is 5.66. The first-order valence-electron chi connectivity index (χ1n) is 10.1. The molecule has 0 radical (unpaired) electrons. The molecule has 0 N–H and O–H groups in total. The van der Waals surface area contributed by atoms with E-state index in [4.69, 9.17) is 4.74 Å². The summed E-state index contributed by atoms with van der Waals surface area (Å²) >= 11 is 1.88. The number of amides is 2. The Hall–Kier alpha value is -1.69. The Kier molecular flexibility index (Phi) is 8.23. The molecule has 2 amide bonds. The van der Waals surface area contributed by atoms with Gasteiger partial charge in [0, 0.05) is 38.0 Å². The van der Waals surface area contributed by atoms with Gasteiger partial charge in [0.1, 0.15) is 5.60 Å². The maximum Gasteiger partial charge on any atom is 0.410 e. The van der Waals surface area contributed by atoms with Gasteiger partial charge in [-0.05, 0) is 63.0 Å². The number of likely N-dealkylation sites (tertiary alicyclic amines) is 1. The molecule has 0 bridgehead atoms. The van der Waals surface area contributed by atoms with Crippen molar-refractivity contribution in [2.45, 2.75) is 51.9 Å². The molecule has 1 saturated heterocycles. The number of benzene rings is 1. The monoisotopic (exact) mass is 406 g/mol. The molecule has 1 aromatic carbocycles. The molecular weight excluding hydrogens is 372 g/mol. The normalized spacial score (nSPS) is 17.3. The van der Waals surface area contributed by atoms with E-state index in [1.807, 2.05) is 61.7 Å². The number of piperidine rings is 1. The summed E-state index contributed by atoms with van der Waals surface area (Å²) in [5, 5.41) is 0. The van der Waals surface area contributed by atoms with Crippen molar-refractivity contribution in [2.24, 2.45) is 5.92 Å². The second-order valence-corrected chi connectivity index (χ2v) is 9.73. The summed E-state index contributed by atoms with van der Waals surface area (Å²) in [6.45, 7) is 9.81. The number of ether oxygens (including phenoxy) is 1. The predicted octanol–water partition coefficient (Wildman–Crippen LogP) is 4.66. The van der Waals surface area contributed by atoms with Gasteiger partial charge in [0.05, 0.1) is 0 Å². The van der Waals surface area contributed by atoms with Crippen molar-refractivity contribution >= 4 is 23.8 Å². The molecule has 2 rings (SSSR count). The minimum Gasteiger partial charge on any atom is -0.444 e. The fourth-order valence-corrected chi connectivity index (χ4v) is 3.98. The Morgan fingerprint density at radius 2 is 1.93 bits per heavy atom. The highest BCUT2D eigenvalue weighted by Crippen LogP contribution is 2.21. The number of hydrogen-bond donors (Lipinski definition) is 0. The molecule has 1 fully saturated rings. The largest absolute Gasteiger partial charge is 0.444 e. The molecule has 1 unspecified atom stereocenters. The molecule has 1 aliphatic rings. The average molecular weight is 407 g/mol. The Morgan fingerprint density at radius 3 is 2.54 bits per heavy atom. The first-order valence-corrected chi connectivity index (χ1v) is 11.2. The maximum absolute atomic E-state index is 12.9. The molecule has 0 aliphatic carbocycles. The first-order chi connectivity index (χ1) is 13.2. The minimum absolute atomic E-state index is 0.0827. The number of thioether (sulfide) groups is 1. The summed E-state index contributed by atoms with van der Waals surface area (Å²) in [4.78, 5) is 28.6. The van der Waals surface area contributed by atoms with E-state index in [-0.39, 0.29) is 17.9 Å². The number of nitrogens with zero attached hydrogens (tertiary/aromatic N) is 2. The van der Waals surface area contributed by atoms with Crippen molar-refractivity contribution in [3.05, 3.63) is 35.4 Å². The lowest BCUT2D eigenvalue weighted by molar-refractivity contribution is 0.0244. The third kappa shape index (κ3) is 7.04. The molecule has 156 valence electrons. The average Bonchev–Trinajstić information content (AvgIpc) is 2.65. The second kappa shape index (κ2) is 10.2. The standard InChI is InChI=1S/C22H34N2O3S/c1-6-28-16-17-9-11-19(12-10-17)20(25)24-13-7-8-18(15-24)14-23(5)21(26)27-22(2,3)4/h9-12,18H,6-8,13-16H2,1-5H3. The molecule has 1 atom stereocenters. The number of carbonyl (C=O) groups is 2. The summed E-state index contributed by atoms with van der Waals surface area (Å²) in [7, 11) is 1.77. The summed E-state index contributed by atoms with van der Waals surface area (Å²) in [5.74, 6) is 2.43.